The molecule has 14 nitrogen and oxygen atoms in total. The Morgan fingerprint density at radius 2 is 1.15 bits per heavy atom. The maximum absolute atomic E-state index is 13.7. The molecule has 0 amide bonds. The average Bonchev–Trinajstić information content (AvgIpc) is 3.88. The Bertz CT molecular complexity index is 2430. The number of nitrogens with zero attached hydrogens (tertiary/aromatic N) is 1. The molecule has 0 spiro atoms. The van der Waals surface area contributed by atoms with Crippen LogP contribution in [0.1, 0.15) is 168 Å². The molecule has 14 heteroatoms. The van der Waals surface area contributed by atoms with Crippen molar-refractivity contribution < 1.29 is 61.5 Å². The molecule has 0 N–H and O–H groups in total. The van der Waals surface area contributed by atoms with Gasteiger partial charge in [0.05, 0.1) is 35.8 Å². The lowest BCUT2D eigenvalue weighted by Gasteiger charge is -2.32. The molecule has 6 aliphatic rings. The summed E-state index contributed by atoms with van der Waals surface area (Å²) in [7, 11) is 0. The number of carbonyl (C=O) groups excluding carboxylic acids is 5. The van der Waals surface area contributed by atoms with Crippen molar-refractivity contribution in [3.05, 3.63) is 65.8 Å². The van der Waals surface area contributed by atoms with Crippen molar-refractivity contribution in [2.24, 2.45) is 35.5 Å². The summed E-state index contributed by atoms with van der Waals surface area (Å²) in [6.45, 7) is 4.75. The van der Waals surface area contributed by atoms with Gasteiger partial charge >= 0.3 is 29.8 Å². The zero-order valence-electron chi connectivity index (χ0n) is 43.6. The van der Waals surface area contributed by atoms with Crippen molar-refractivity contribution in [1.82, 2.24) is 4.98 Å². The van der Waals surface area contributed by atoms with E-state index in [1.807, 2.05) is 24.3 Å². The second-order valence-electron chi connectivity index (χ2n) is 22.0. The normalized spacial score (nSPS) is 28.5. The molecule has 0 bridgehead atoms. The number of fused-ring (bicyclic) bond motifs is 1. The summed E-state index contributed by atoms with van der Waals surface area (Å²) in [4.78, 5) is 70.4. The van der Waals surface area contributed by atoms with Crippen LogP contribution in [0.3, 0.4) is 0 Å². The average molecular weight is 1020 g/mol. The second kappa shape index (κ2) is 25.8. The van der Waals surface area contributed by atoms with E-state index in [1.54, 1.807) is 18.2 Å². The fourth-order valence-corrected chi connectivity index (χ4v) is 11.9. The lowest BCUT2D eigenvalue weighted by atomic mass is 9.81. The lowest BCUT2D eigenvalue weighted by molar-refractivity contribution is -0.162. The van der Waals surface area contributed by atoms with Crippen LogP contribution in [-0.4, -0.2) is 72.6 Å². The first kappa shape index (κ1) is 53.3. The third kappa shape index (κ3) is 14.2. The monoisotopic (exact) mass is 1020 g/mol. The van der Waals surface area contributed by atoms with Gasteiger partial charge in [0.2, 0.25) is 5.89 Å². The number of aromatic nitrogens is 1. The van der Waals surface area contributed by atoms with Gasteiger partial charge in [0, 0.05) is 12.0 Å². The third-order valence-electron chi connectivity index (χ3n) is 17.0. The van der Waals surface area contributed by atoms with E-state index in [9.17, 15) is 24.0 Å². The van der Waals surface area contributed by atoms with Crippen LogP contribution in [0.15, 0.2) is 70.2 Å². The summed E-state index contributed by atoms with van der Waals surface area (Å²) in [6.07, 6.45) is 22.1. The molecule has 0 radical (unpaired) electrons. The minimum atomic E-state index is -0.369. The number of allylic oxidation sites excluding steroid dienone is 1. The predicted octanol–water partition coefficient (Wildman–Crippen LogP) is 12.4. The van der Waals surface area contributed by atoms with Crippen LogP contribution in [0.5, 0.6) is 11.5 Å². The van der Waals surface area contributed by atoms with Crippen molar-refractivity contribution in [3.63, 3.8) is 0 Å². The topological polar surface area (TPSA) is 176 Å². The molecule has 2 atom stereocenters. The Morgan fingerprint density at radius 1 is 0.568 bits per heavy atom. The Hall–Kier alpha value is -5.50. The fraction of sp³-hybridized carbons (Fsp3) is 0.633. The summed E-state index contributed by atoms with van der Waals surface area (Å²) < 4.78 is 47.9. The van der Waals surface area contributed by atoms with Gasteiger partial charge in [-0.1, -0.05) is 51.0 Å². The van der Waals surface area contributed by atoms with Crippen LogP contribution in [0.2, 0.25) is 0 Å². The highest BCUT2D eigenvalue weighted by molar-refractivity contribution is 5.88. The summed E-state index contributed by atoms with van der Waals surface area (Å²) >= 11 is 0. The van der Waals surface area contributed by atoms with E-state index in [-0.39, 0.29) is 90.6 Å². The Morgan fingerprint density at radius 3 is 1.72 bits per heavy atom. The van der Waals surface area contributed by atoms with E-state index in [0.717, 1.165) is 74.9 Å². The highest BCUT2D eigenvalue weighted by Gasteiger charge is 2.36. The van der Waals surface area contributed by atoms with Crippen LogP contribution in [0.25, 0.3) is 22.6 Å². The summed E-state index contributed by atoms with van der Waals surface area (Å²) in [5, 5.41) is 0. The molecule has 6 aliphatic carbocycles. The summed E-state index contributed by atoms with van der Waals surface area (Å²) in [5.41, 5.74) is 3.63. The van der Waals surface area contributed by atoms with Gasteiger partial charge in [0.15, 0.2) is 12.4 Å². The standard InChI is InChI=1S/C60H77NO13/c1-3-38-9-15-41(16-10-38)56(62)70-47-27-19-43(20-28-47)58(64)69-46-25-13-40(14-26-46)36-67-37-68-50-33-34-53(51(35-50)55-61-52-7-5-6-8-54(52)73-55)74-60(66)45-23-31-49(32-24-45)72-59(65)44-21-29-48(30-22-44)71-57(63)42-17-11-39(4-2)12-18-42/h5-8,13,15,33-35,38-39,42-49H,3-4,9-12,14,16-32,36-37H2,1-2H3/t38-,39?,42?,43?,44?,45?,46-,47?,48?,49?/m1/s1. The van der Waals surface area contributed by atoms with Gasteiger partial charge in [-0.25, -0.2) is 9.78 Å². The van der Waals surface area contributed by atoms with Gasteiger partial charge in [-0.05, 0) is 183 Å². The molecular weight excluding hydrogens is 943 g/mol. The zero-order valence-corrected chi connectivity index (χ0v) is 43.6. The third-order valence-corrected chi connectivity index (χ3v) is 17.0. The van der Waals surface area contributed by atoms with Gasteiger partial charge in [-0.2, -0.15) is 0 Å². The first-order chi connectivity index (χ1) is 36.1. The summed E-state index contributed by atoms with van der Waals surface area (Å²) in [6, 6.07) is 12.6. The molecule has 74 heavy (non-hydrogen) atoms. The van der Waals surface area contributed by atoms with E-state index in [1.165, 1.54) is 6.42 Å². The molecule has 400 valence electrons. The maximum atomic E-state index is 13.7. The van der Waals surface area contributed by atoms with Crippen molar-refractivity contribution in [2.45, 2.75) is 192 Å². The smallest absolute Gasteiger partial charge is 0.333 e. The number of rotatable bonds is 18. The van der Waals surface area contributed by atoms with Crippen LogP contribution < -0.4 is 9.47 Å². The molecule has 0 saturated heterocycles. The van der Waals surface area contributed by atoms with Crippen molar-refractivity contribution in [3.8, 4) is 23.0 Å². The molecule has 0 aliphatic heterocycles. The molecule has 1 heterocycles. The van der Waals surface area contributed by atoms with E-state index < -0.39 is 0 Å². The van der Waals surface area contributed by atoms with Crippen LogP contribution >= 0.6 is 0 Å². The maximum Gasteiger partial charge on any atom is 0.333 e. The number of carbonyl (C=O) groups is 5. The molecule has 9 rings (SSSR count). The van der Waals surface area contributed by atoms with Crippen LogP contribution in [0.4, 0.5) is 0 Å². The minimum Gasteiger partial charge on any atom is -0.468 e. The number of esters is 5. The number of hydrogen-bond acceptors (Lipinski definition) is 14. The Labute approximate surface area is 436 Å². The minimum absolute atomic E-state index is 0.00785. The quantitative estimate of drug-likeness (QED) is 0.0294. The lowest BCUT2D eigenvalue weighted by Crippen LogP contribution is -2.34. The van der Waals surface area contributed by atoms with Crippen molar-refractivity contribution >= 4 is 40.9 Å². The molecule has 2 aromatic carbocycles. The number of hydrogen-bond donors (Lipinski definition) is 0. The van der Waals surface area contributed by atoms with Gasteiger partial charge in [-0.3, -0.25) is 19.2 Å². The highest BCUT2D eigenvalue weighted by atomic mass is 16.7. The van der Waals surface area contributed by atoms with E-state index in [0.29, 0.717) is 131 Å². The van der Waals surface area contributed by atoms with Gasteiger partial charge < -0.3 is 37.6 Å². The van der Waals surface area contributed by atoms with Gasteiger partial charge in [0.25, 0.3) is 0 Å². The Kier molecular flexibility index (Phi) is 18.6. The number of para-hydroxylation sites is 2. The number of ether oxygens (including phenoxy) is 7. The number of benzene rings is 2. The zero-order chi connectivity index (χ0) is 51.4. The van der Waals surface area contributed by atoms with Crippen molar-refractivity contribution in [2.75, 3.05) is 13.4 Å². The Balaban J connectivity index is 0.691. The predicted molar refractivity (Wildman–Crippen MR) is 275 cm³/mol. The van der Waals surface area contributed by atoms with Crippen LogP contribution in [-0.2, 0) is 47.7 Å². The largest absolute Gasteiger partial charge is 0.468 e. The SMILES string of the molecule is CCC1CCC(C(=O)OC2CCC(C(=O)OC3CCC(C(=O)Oc4ccc(OCOCC5=CC[C@@H](OC(=O)C6CCC(OC(=O)C7=CC[C@@H](CC)CC7)CC6)CC5)cc4-c4nc5ccccc5o4)CC3)CC2)CC1. The first-order valence-electron chi connectivity index (χ1n) is 28.2. The first-order valence-corrected chi connectivity index (χ1v) is 28.2. The molecule has 4 fully saturated rings. The molecular formula is C60H77NO13. The molecule has 1 aromatic heterocycles. The summed E-state index contributed by atoms with van der Waals surface area (Å²) in [5.74, 6) is 0.721. The van der Waals surface area contributed by atoms with Crippen molar-refractivity contribution in [1.29, 1.82) is 0 Å². The fourth-order valence-electron chi connectivity index (χ4n) is 11.9. The van der Waals surface area contributed by atoms with E-state index in [2.05, 4.69) is 31.0 Å². The molecule has 4 saturated carbocycles. The number of oxazole rings is 1. The second-order valence-corrected chi connectivity index (χ2v) is 22.0. The molecule has 0 unspecified atom stereocenters. The van der Waals surface area contributed by atoms with Gasteiger partial charge in [0.1, 0.15) is 41.4 Å². The molecule has 3 aromatic rings. The van der Waals surface area contributed by atoms with Gasteiger partial charge in [-0.15, -0.1) is 0 Å². The highest BCUT2D eigenvalue weighted by Crippen LogP contribution is 2.39. The van der Waals surface area contributed by atoms with E-state index in [4.69, 9.17) is 37.6 Å². The van der Waals surface area contributed by atoms with E-state index >= 15 is 0 Å². The van der Waals surface area contributed by atoms with Crippen LogP contribution in [0, 0.1) is 35.5 Å².